The van der Waals surface area contributed by atoms with Gasteiger partial charge >= 0.3 is 0 Å². The quantitative estimate of drug-likeness (QED) is 0.403. The van der Waals surface area contributed by atoms with Crippen molar-refractivity contribution in [1.82, 2.24) is 9.66 Å². The smallest absolute Gasteiger partial charge is 0.282 e. The van der Waals surface area contributed by atoms with Crippen molar-refractivity contribution in [2.24, 2.45) is 5.10 Å². The molecule has 152 valence electrons. The number of ether oxygens (including phenoxy) is 1. The summed E-state index contributed by atoms with van der Waals surface area (Å²) in [5, 5.41) is 5.56. The predicted molar refractivity (Wildman–Crippen MR) is 123 cm³/mol. The Kier molecular flexibility index (Phi) is 7.09. The molecule has 0 N–H and O–H groups in total. The molecule has 7 heteroatoms. The molecule has 0 amide bonds. The summed E-state index contributed by atoms with van der Waals surface area (Å²) in [5.41, 5.74) is 1.17. The number of benzene rings is 2. The minimum atomic E-state index is -0.206. The number of aromatic nitrogens is 2. The van der Waals surface area contributed by atoms with Crippen molar-refractivity contribution in [2.75, 3.05) is 0 Å². The highest BCUT2D eigenvalue weighted by molar-refractivity contribution is 9.10. The van der Waals surface area contributed by atoms with Crippen molar-refractivity contribution in [1.29, 1.82) is 0 Å². The summed E-state index contributed by atoms with van der Waals surface area (Å²) in [4.78, 5) is 17.8. The van der Waals surface area contributed by atoms with E-state index in [1.165, 1.54) is 4.68 Å². The second-order valence-corrected chi connectivity index (χ2v) is 8.17. The number of halogens is 2. The lowest BCUT2D eigenvalue weighted by molar-refractivity contribution is 0.217. The summed E-state index contributed by atoms with van der Waals surface area (Å²) in [6, 6.07) is 10.9. The third kappa shape index (κ3) is 5.06. The molecule has 0 fully saturated rings. The fourth-order valence-corrected chi connectivity index (χ4v) is 3.39. The third-order valence-corrected chi connectivity index (χ3v) is 5.26. The third-order valence-electron chi connectivity index (χ3n) is 4.54. The minimum absolute atomic E-state index is 0.0568. The van der Waals surface area contributed by atoms with Crippen LogP contribution in [0.4, 0.5) is 0 Å². The normalized spacial score (nSPS) is 12.6. The van der Waals surface area contributed by atoms with E-state index in [9.17, 15) is 4.79 Å². The van der Waals surface area contributed by atoms with E-state index in [2.05, 4.69) is 32.9 Å². The zero-order chi connectivity index (χ0) is 21.0. The maximum absolute atomic E-state index is 13.1. The van der Waals surface area contributed by atoms with Gasteiger partial charge in [-0.05, 0) is 56.2 Å². The van der Waals surface area contributed by atoms with Crippen molar-refractivity contribution >= 4 is 44.6 Å². The van der Waals surface area contributed by atoms with Gasteiger partial charge in [0.2, 0.25) is 0 Å². The molecule has 0 spiro atoms. The standard InChI is InChI=1S/C22H23BrClN3O2/c1-4-6-21-26-19-9-7-16(23)12-18(19)22(28)27(21)25-13-15-11-17(24)8-10-20(15)29-14(3)5-2/h7-14H,4-6H2,1-3H3/t14-/m0/s1. The van der Waals surface area contributed by atoms with E-state index in [1.807, 2.05) is 32.0 Å². The van der Waals surface area contributed by atoms with Gasteiger partial charge in [0.05, 0.1) is 23.2 Å². The number of hydrogen-bond acceptors (Lipinski definition) is 4. The maximum Gasteiger partial charge on any atom is 0.282 e. The number of nitrogens with zero attached hydrogens (tertiary/aromatic N) is 3. The van der Waals surface area contributed by atoms with Gasteiger partial charge in [0.15, 0.2) is 0 Å². The fourth-order valence-electron chi connectivity index (χ4n) is 2.85. The summed E-state index contributed by atoms with van der Waals surface area (Å²) in [6.07, 6.45) is 4.04. The molecule has 1 aromatic heterocycles. The number of aryl methyl sites for hydroxylation is 1. The van der Waals surface area contributed by atoms with Crippen LogP contribution in [-0.4, -0.2) is 22.0 Å². The molecule has 0 unspecified atom stereocenters. The first-order valence-corrected chi connectivity index (χ1v) is 10.8. The molecule has 0 aliphatic heterocycles. The Bertz CT molecular complexity index is 1110. The number of fused-ring (bicyclic) bond motifs is 1. The Morgan fingerprint density at radius 2 is 2.07 bits per heavy atom. The van der Waals surface area contributed by atoms with Crippen LogP contribution in [0.1, 0.15) is 45.0 Å². The molecule has 2 aromatic carbocycles. The summed E-state index contributed by atoms with van der Waals surface area (Å²) in [7, 11) is 0. The molecule has 0 saturated heterocycles. The summed E-state index contributed by atoms with van der Waals surface area (Å²) in [5.74, 6) is 1.30. The van der Waals surface area contributed by atoms with Crippen molar-refractivity contribution in [3.8, 4) is 5.75 Å². The van der Waals surface area contributed by atoms with Crippen LogP contribution in [0.5, 0.6) is 5.75 Å². The van der Waals surface area contributed by atoms with Gasteiger partial charge in [-0.1, -0.05) is 41.4 Å². The van der Waals surface area contributed by atoms with Crippen molar-refractivity contribution in [2.45, 2.75) is 46.1 Å². The van der Waals surface area contributed by atoms with Gasteiger partial charge in [0.25, 0.3) is 5.56 Å². The summed E-state index contributed by atoms with van der Waals surface area (Å²) >= 11 is 9.59. The van der Waals surface area contributed by atoms with E-state index in [0.29, 0.717) is 39.5 Å². The Morgan fingerprint density at radius 1 is 1.28 bits per heavy atom. The van der Waals surface area contributed by atoms with Gasteiger partial charge in [-0.2, -0.15) is 9.78 Å². The van der Waals surface area contributed by atoms with Gasteiger partial charge in [0, 0.05) is 21.5 Å². The van der Waals surface area contributed by atoms with Crippen molar-refractivity contribution in [3.05, 3.63) is 67.6 Å². The van der Waals surface area contributed by atoms with Crippen LogP contribution in [-0.2, 0) is 6.42 Å². The average Bonchev–Trinajstić information content (AvgIpc) is 2.70. The van der Waals surface area contributed by atoms with E-state index in [0.717, 1.165) is 17.3 Å². The Labute approximate surface area is 183 Å². The van der Waals surface area contributed by atoms with Gasteiger partial charge in [-0.15, -0.1) is 0 Å². The van der Waals surface area contributed by atoms with Crippen LogP contribution in [0.25, 0.3) is 10.9 Å². The Hall–Kier alpha value is -2.18. The largest absolute Gasteiger partial charge is 0.490 e. The second-order valence-electron chi connectivity index (χ2n) is 6.82. The van der Waals surface area contributed by atoms with Crippen molar-refractivity contribution < 1.29 is 4.74 Å². The lowest BCUT2D eigenvalue weighted by Crippen LogP contribution is -2.22. The molecule has 5 nitrogen and oxygen atoms in total. The average molecular weight is 477 g/mol. The topological polar surface area (TPSA) is 56.5 Å². The molecule has 0 saturated carbocycles. The molecule has 0 radical (unpaired) electrons. The lowest BCUT2D eigenvalue weighted by atomic mass is 10.2. The minimum Gasteiger partial charge on any atom is -0.490 e. The van der Waals surface area contributed by atoms with E-state index < -0.39 is 0 Å². The molecule has 0 aliphatic rings. The van der Waals surface area contributed by atoms with Gasteiger partial charge in [-0.25, -0.2) is 4.98 Å². The molecule has 0 aliphatic carbocycles. The van der Waals surface area contributed by atoms with Gasteiger partial charge in [0.1, 0.15) is 11.6 Å². The first-order chi connectivity index (χ1) is 13.9. The predicted octanol–water partition coefficient (Wildman–Crippen LogP) is 5.82. The monoisotopic (exact) mass is 475 g/mol. The van der Waals surface area contributed by atoms with Gasteiger partial charge in [-0.3, -0.25) is 4.79 Å². The lowest BCUT2D eigenvalue weighted by Gasteiger charge is -2.15. The van der Waals surface area contributed by atoms with Crippen LogP contribution in [0.2, 0.25) is 5.02 Å². The molecule has 3 rings (SSSR count). The fraction of sp³-hybridized carbons (Fsp3) is 0.318. The SMILES string of the molecule is CCCc1nc2ccc(Br)cc2c(=O)n1N=Cc1cc(Cl)ccc1O[C@@H](C)CC. The van der Waals surface area contributed by atoms with E-state index >= 15 is 0 Å². The highest BCUT2D eigenvalue weighted by Gasteiger charge is 2.12. The van der Waals surface area contributed by atoms with Crippen LogP contribution >= 0.6 is 27.5 Å². The molecular formula is C22H23BrClN3O2. The molecular weight excluding hydrogens is 454 g/mol. The van der Waals surface area contributed by atoms with Crippen LogP contribution in [0.3, 0.4) is 0 Å². The maximum atomic E-state index is 13.1. The zero-order valence-corrected chi connectivity index (χ0v) is 19.0. The highest BCUT2D eigenvalue weighted by atomic mass is 79.9. The molecule has 29 heavy (non-hydrogen) atoms. The van der Waals surface area contributed by atoms with E-state index in [1.54, 1.807) is 24.4 Å². The van der Waals surface area contributed by atoms with Gasteiger partial charge < -0.3 is 4.74 Å². The van der Waals surface area contributed by atoms with E-state index in [4.69, 9.17) is 16.3 Å². The van der Waals surface area contributed by atoms with Crippen LogP contribution in [0.15, 0.2) is 50.8 Å². The number of hydrogen-bond donors (Lipinski definition) is 0. The van der Waals surface area contributed by atoms with E-state index in [-0.39, 0.29) is 11.7 Å². The molecule has 3 aromatic rings. The summed E-state index contributed by atoms with van der Waals surface area (Å²) < 4.78 is 8.16. The molecule has 1 heterocycles. The van der Waals surface area contributed by atoms with Crippen molar-refractivity contribution in [3.63, 3.8) is 0 Å². The van der Waals surface area contributed by atoms with Crippen LogP contribution in [0, 0.1) is 0 Å². The first kappa shape index (κ1) is 21.5. The molecule has 0 bridgehead atoms. The molecule has 1 atom stereocenters. The first-order valence-electron chi connectivity index (χ1n) is 9.64. The summed E-state index contributed by atoms with van der Waals surface area (Å²) in [6.45, 7) is 6.11. The Balaban J connectivity index is 2.11. The highest BCUT2D eigenvalue weighted by Crippen LogP contribution is 2.23. The second kappa shape index (κ2) is 9.55. The zero-order valence-electron chi connectivity index (χ0n) is 16.7. The Morgan fingerprint density at radius 3 is 2.79 bits per heavy atom. The number of rotatable bonds is 7. The van der Waals surface area contributed by atoms with Crippen LogP contribution < -0.4 is 10.3 Å².